The number of halogens is 1. The quantitative estimate of drug-likeness (QED) is 0.254. The summed E-state index contributed by atoms with van der Waals surface area (Å²) in [6, 6.07) is 6.75. The summed E-state index contributed by atoms with van der Waals surface area (Å²) in [6.45, 7) is 2.45. The maximum Gasteiger partial charge on any atom is 0.331 e. The fraction of sp³-hybridized carbons (Fsp3) is 0.633. The van der Waals surface area contributed by atoms with Crippen molar-refractivity contribution >= 4 is 29.7 Å². The van der Waals surface area contributed by atoms with Crippen LogP contribution < -0.4 is 5.43 Å². The number of benzene rings is 1. The minimum absolute atomic E-state index is 0.0722. The lowest BCUT2D eigenvalue weighted by Gasteiger charge is -2.65. The molecule has 1 aromatic rings. The Morgan fingerprint density at radius 3 is 2.62 bits per heavy atom. The largest absolute Gasteiger partial charge is 0.458 e. The molecule has 39 heavy (non-hydrogen) atoms. The monoisotopic (exact) mass is 556 g/mol. The average Bonchev–Trinajstić information content (AvgIpc) is 3.44. The number of nitrogens with one attached hydrogen (secondary N) is 1. The van der Waals surface area contributed by atoms with Gasteiger partial charge in [0.05, 0.1) is 27.9 Å². The van der Waals surface area contributed by atoms with Crippen molar-refractivity contribution in [2.75, 3.05) is 6.61 Å². The van der Waals surface area contributed by atoms with E-state index in [9.17, 15) is 24.9 Å². The number of cyclic esters (lactones) is 1. The van der Waals surface area contributed by atoms with Crippen LogP contribution in [-0.2, 0) is 9.53 Å². The molecule has 1 amide bonds. The van der Waals surface area contributed by atoms with Crippen molar-refractivity contribution in [2.45, 2.75) is 82.0 Å². The number of aliphatic hydroxyl groups excluding tert-OH is 1. The van der Waals surface area contributed by atoms with Crippen LogP contribution >= 0.6 is 11.6 Å². The molecule has 0 spiro atoms. The first-order valence-corrected chi connectivity index (χ1v) is 14.5. The molecule has 8 atom stereocenters. The van der Waals surface area contributed by atoms with Crippen molar-refractivity contribution < 1.29 is 29.6 Å². The average molecular weight is 557 g/mol. The lowest BCUT2D eigenvalue weighted by atomic mass is 9.41. The van der Waals surface area contributed by atoms with Crippen LogP contribution in [0.3, 0.4) is 0 Å². The number of carbonyl (C=O) groups excluding carboxylic acids is 2. The van der Waals surface area contributed by atoms with Crippen LogP contribution in [0, 0.1) is 28.6 Å². The second kappa shape index (κ2) is 9.40. The van der Waals surface area contributed by atoms with E-state index in [1.807, 2.05) is 0 Å². The second-order valence-corrected chi connectivity index (χ2v) is 13.1. The van der Waals surface area contributed by atoms with E-state index in [1.54, 1.807) is 36.6 Å². The number of esters is 1. The Morgan fingerprint density at radius 2 is 1.87 bits per heavy atom. The molecule has 4 fully saturated rings. The van der Waals surface area contributed by atoms with Gasteiger partial charge in [-0.15, -0.1) is 0 Å². The standard InChI is InChI=1S/C30H37ClN2O6/c1-27-10-7-22-23(30(27,38)13-9-21(27)18-14-25(35)39-16-18)8-12-29(37)15-19(34)6-11-28(22,29)17-32-33-26(36)20-4-2-3-5-24(20)31/h2-5,14,17,19,21-23,34,37-38H,6-13,15-16H2,1H3,(H,33,36)/b32-17-/t19-,21-,22+,23-,27-,28+,29+,30+/m1/s1. The molecule has 0 bridgehead atoms. The van der Waals surface area contributed by atoms with Gasteiger partial charge in [-0.2, -0.15) is 5.10 Å². The van der Waals surface area contributed by atoms with Crippen LogP contribution in [0.25, 0.3) is 0 Å². The molecule has 4 aliphatic carbocycles. The van der Waals surface area contributed by atoms with Crippen LogP contribution in [0.5, 0.6) is 0 Å². The molecule has 8 nitrogen and oxygen atoms in total. The van der Waals surface area contributed by atoms with Crippen molar-refractivity contribution in [1.82, 2.24) is 5.43 Å². The first-order chi connectivity index (χ1) is 18.5. The summed E-state index contributed by atoms with van der Waals surface area (Å²) in [5.74, 6) is -0.827. The number of hydrazone groups is 1. The Bertz CT molecular complexity index is 1250. The first-order valence-electron chi connectivity index (χ1n) is 14.1. The number of hydrogen-bond donors (Lipinski definition) is 4. The molecule has 1 heterocycles. The Hall–Kier alpha value is -2.26. The molecule has 9 heteroatoms. The smallest absolute Gasteiger partial charge is 0.331 e. The Balaban J connectivity index is 1.33. The highest BCUT2D eigenvalue weighted by atomic mass is 35.5. The van der Waals surface area contributed by atoms with Gasteiger partial charge in [0, 0.05) is 29.5 Å². The number of nitrogens with zero attached hydrogens (tertiary/aromatic N) is 1. The van der Waals surface area contributed by atoms with Gasteiger partial charge in [-0.3, -0.25) is 4.79 Å². The fourth-order valence-corrected chi connectivity index (χ4v) is 9.49. The summed E-state index contributed by atoms with van der Waals surface area (Å²) in [5, 5.41) is 39.8. The number of hydrogen-bond acceptors (Lipinski definition) is 7. The van der Waals surface area contributed by atoms with Crippen molar-refractivity contribution in [1.29, 1.82) is 0 Å². The molecule has 0 saturated heterocycles. The van der Waals surface area contributed by atoms with Crippen LogP contribution in [0.4, 0.5) is 0 Å². The summed E-state index contributed by atoms with van der Waals surface area (Å²) in [4.78, 5) is 24.7. The van der Waals surface area contributed by atoms with Gasteiger partial charge in [0.15, 0.2) is 0 Å². The van der Waals surface area contributed by atoms with Crippen LogP contribution in [-0.4, -0.2) is 57.3 Å². The van der Waals surface area contributed by atoms with E-state index < -0.39 is 34.0 Å². The van der Waals surface area contributed by atoms with Gasteiger partial charge >= 0.3 is 5.97 Å². The number of carbonyl (C=O) groups is 2. The molecule has 5 aliphatic rings. The van der Waals surface area contributed by atoms with Gasteiger partial charge in [-0.05, 0) is 86.8 Å². The molecule has 4 N–H and O–H groups in total. The van der Waals surface area contributed by atoms with E-state index in [0.717, 1.165) is 24.8 Å². The summed E-state index contributed by atoms with van der Waals surface area (Å²) in [6.07, 6.45) is 7.96. The highest BCUT2D eigenvalue weighted by Gasteiger charge is 2.71. The topological polar surface area (TPSA) is 128 Å². The maximum atomic E-state index is 12.8. The molecular weight excluding hydrogens is 520 g/mol. The molecule has 0 radical (unpaired) electrons. The lowest BCUT2D eigenvalue weighted by Crippen LogP contribution is -2.68. The number of rotatable bonds is 4. The molecule has 4 saturated carbocycles. The Morgan fingerprint density at radius 1 is 1.10 bits per heavy atom. The third-order valence-electron chi connectivity index (χ3n) is 11.2. The number of amides is 1. The molecule has 1 aliphatic heterocycles. The van der Waals surface area contributed by atoms with Crippen molar-refractivity contribution in [3.8, 4) is 0 Å². The molecule has 210 valence electrons. The number of fused-ring (bicyclic) bond motifs is 5. The van der Waals surface area contributed by atoms with Gasteiger partial charge in [0.2, 0.25) is 0 Å². The van der Waals surface area contributed by atoms with Gasteiger partial charge < -0.3 is 20.1 Å². The van der Waals surface area contributed by atoms with Crippen LogP contribution in [0.2, 0.25) is 5.02 Å². The maximum absolute atomic E-state index is 12.8. The molecule has 1 aromatic carbocycles. The summed E-state index contributed by atoms with van der Waals surface area (Å²) in [7, 11) is 0. The summed E-state index contributed by atoms with van der Waals surface area (Å²) < 4.78 is 5.23. The van der Waals surface area contributed by atoms with E-state index >= 15 is 0 Å². The molecular formula is C30H37ClN2O6. The predicted octanol–water partition coefficient (Wildman–Crippen LogP) is 3.77. The summed E-state index contributed by atoms with van der Waals surface area (Å²) >= 11 is 6.19. The van der Waals surface area contributed by atoms with Gasteiger partial charge in [0.1, 0.15) is 6.61 Å². The second-order valence-electron chi connectivity index (χ2n) is 12.7. The SMILES string of the molecule is C[C@]12CC[C@H]3[C@@H](CC[C@]4(O)C[C@H](O)CC[C@]34/C=N\NC(=O)c3ccccc3Cl)[C@@]1(O)CC[C@@H]2C1=CC(=O)OC1. The van der Waals surface area contributed by atoms with Crippen LogP contribution in [0.15, 0.2) is 41.0 Å². The third-order valence-corrected chi connectivity index (χ3v) is 11.5. The van der Waals surface area contributed by atoms with E-state index in [1.165, 1.54) is 0 Å². The number of ether oxygens (including phenoxy) is 1. The Kier molecular flexibility index (Phi) is 6.49. The highest BCUT2D eigenvalue weighted by Crippen LogP contribution is 2.70. The molecule has 0 aromatic heterocycles. The zero-order valence-electron chi connectivity index (χ0n) is 22.2. The normalized spacial score (nSPS) is 43.3. The minimum atomic E-state index is -1.19. The van der Waals surface area contributed by atoms with Gasteiger partial charge in [0.25, 0.3) is 5.91 Å². The predicted molar refractivity (Wildman–Crippen MR) is 145 cm³/mol. The van der Waals surface area contributed by atoms with Crippen LogP contribution in [0.1, 0.15) is 75.1 Å². The highest BCUT2D eigenvalue weighted by molar-refractivity contribution is 6.33. The van der Waals surface area contributed by atoms with E-state index in [-0.39, 0.29) is 30.1 Å². The molecule has 0 unspecified atom stereocenters. The third kappa shape index (κ3) is 3.93. The van der Waals surface area contributed by atoms with Gasteiger partial charge in [-0.1, -0.05) is 30.7 Å². The van der Waals surface area contributed by atoms with E-state index in [4.69, 9.17) is 16.3 Å². The fourth-order valence-electron chi connectivity index (χ4n) is 9.27. The zero-order chi connectivity index (χ0) is 27.6. The van der Waals surface area contributed by atoms with Crippen molar-refractivity contribution in [2.24, 2.45) is 33.7 Å². The van der Waals surface area contributed by atoms with Crippen molar-refractivity contribution in [3.63, 3.8) is 0 Å². The van der Waals surface area contributed by atoms with E-state index in [2.05, 4.69) is 17.5 Å². The lowest BCUT2D eigenvalue weighted by molar-refractivity contribution is -0.237. The minimum Gasteiger partial charge on any atom is -0.458 e. The summed E-state index contributed by atoms with van der Waals surface area (Å²) in [5.41, 5.74) is 0.526. The van der Waals surface area contributed by atoms with Crippen molar-refractivity contribution in [3.05, 3.63) is 46.5 Å². The number of aliphatic hydroxyl groups is 3. The molecule has 6 rings (SSSR count). The van der Waals surface area contributed by atoms with E-state index in [0.29, 0.717) is 49.3 Å². The zero-order valence-corrected chi connectivity index (χ0v) is 23.0. The Labute approximate surface area is 233 Å². The first kappa shape index (κ1) is 26.9. The van der Waals surface area contributed by atoms with Gasteiger partial charge in [-0.25, -0.2) is 10.2 Å².